The molecule has 5 amide bonds. The molecule has 4 aliphatic carbocycles. The Balaban J connectivity index is 0.449. The first-order chi connectivity index (χ1) is 50.0. The first-order valence-electron chi connectivity index (χ1n) is 36.7. The number of alkyl carbamates (subject to hydrolysis) is 1. The van der Waals surface area contributed by atoms with E-state index in [2.05, 4.69) is 64.0 Å². The second-order valence-electron chi connectivity index (χ2n) is 31.6. The van der Waals surface area contributed by atoms with Crippen LogP contribution in [0.15, 0.2) is 90.2 Å². The van der Waals surface area contributed by atoms with E-state index >= 15 is 0 Å². The number of nitrogens with zero attached hydrogens (tertiary/aromatic N) is 13. The molecule has 3 N–H and O–H groups in total. The van der Waals surface area contributed by atoms with Crippen LogP contribution in [-0.4, -0.2) is 178 Å². The molecule has 6 aliphatic heterocycles. The third-order valence-electron chi connectivity index (χ3n) is 25.0. The standard InChI is InChI=1S/C75H87Cl3N16O9S/c1-86-63-6-5-50(76)27-59(63)73(69(86)96)7-13-89(14-8-73)35-47-34-81-94(43-47)40-46-23-55(24-46)85-104(100,101)65-30-56(65)57-25-51(77)28-60-66(57)87(2)70(97)74(60)9-15-90(16-10-74)36-48-32-79-92(41-48)38-44-19-53(20-44)82-68(95)62-31-64(103-84-62)58-26-52(78)29-61-67(58)88(3)71(98)75(61)11-17-91(18-12-75)37-49-33-80-93(42-49)39-45-21-54(22-45)83-72(99)102-4/h5-6,25-29,31-34,41-46,53-56,65,85H,7-24,30,35-40H2,1-4H3,(H,82,95)(H,83,99)/t44-,45-,46-,53+,54+,55+,56?,65?. The number of rotatable bonds is 20. The number of ether oxygens (including phenoxy) is 1. The van der Waals surface area contributed by atoms with E-state index in [0.29, 0.717) is 122 Å². The van der Waals surface area contributed by atoms with Crippen LogP contribution in [0.4, 0.5) is 21.9 Å². The van der Waals surface area contributed by atoms with Gasteiger partial charge in [-0.05, 0) is 205 Å². The minimum absolute atomic E-state index is 0.0122. The number of hydrogen-bond acceptors (Lipinski definition) is 16. The average molecular weight is 1500 g/mol. The van der Waals surface area contributed by atoms with Gasteiger partial charge in [0.25, 0.3) is 5.91 Å². The Labute approximate surface area is 619 Å². The second-order valence-corrected chi connectivity index (χ2v) is 34.9. The molecule has 25 nitrogen and oxygen atoms in total. The van der Waals surface area contributed by atoms with Crippen LogP contribution in [0, 0.1) is 17.8 Å². The number of likely N-dealkylation sites (N-methyl/N-ethyl adjacent to an activating group) is 3. The number of benzene rings is 3. The predicted molar refractivity (Wildman–Crippen MR) is 391 cm³/mol. The Bertz CT molecular complexity index is 4680. The fourth-order valence-electron chi connectivity index (χ4n) is 19.2. The van der Waals surface area contributed by atoms with Crippen LogP contribution in [0.1, 0.15) is 139 Å². The van der Waals surface area contributed by atoms with Crippen molar-refractivity contribution in [1.29, 1.82) is 0 Å². The molecule has 2 atom stereocenters. The highest BCUT2D eigenvalue weighted by molar-refractivity contribution is 7.90. The van der Waals surface area contributed by atoms with Crippen LogP contribution in [0.3, 0.4) is 0 Å². The van der Waals surface area contributed by atoms with E-state index in [0.717, 1.165) is 140 Å². The molecule has 4 aromatic heterocycles. The summed E-state index contributed by atoms with van der Waals surface area (Å²) in [5, 5.41) is 25.3. The van der Waals surface area contributed by atoms with Crippen LogP contribution in [0.5, 0.6) is 0 Å². The first kappa shape index (κ1) is 69.4. The molecule has 3 saturated heterocycles. The van der Waals surface area contributed by atoms with E-state index in [1.165, 1.54) is 7.11 Å². The summed E-state index contributed by atoms with van der Waals surface area (Å²) in [6, 6.07) is 14.8. The van der Waals surface area contributed by atoms with Gasteiger partial charge in [-0.25, -0.2) is 17.9 Å². The van der Waals surface area contributed by atoms with E-state index in [1.54, 1.807) is 33.9 Å². The number of sulfonamides is 1. The van der Waals surface area contributed by atoms with Gasteiger partial charge in [-0.15, -0.1) is 0 Å². The van der Waals surface area contributed by atoms with Crippen molar-refractivity contribution in [3.05, 3.63) is 145 Å². The van der Waals surface area contributed by atoms with Crippen LogP contribution in [-0.2, 0) is 84.7 Å². The van der Waals surface area contributed by atoms with Crippen molar-refractivity contribution in [2.75, 3.05) is 82.2 Å². The fourth-order valence-corrected chi connectivity index (χ4v) is 21.7. The Morgan fingerprint density at radius 3 is 1.53 bits per heavy atom. The van der Waals surface area contributed by atoms with Crippen molar-refractivity contribution in [3.8, 4) is 11.3 Å². The minimum Gasteiger partial charge on any atom is -0.453 e. The summed E-state index contributed by atoms with van der Waals surface area (Å²) < 4.78 is 47.7. The van der Waals surface area contributed by atoms with Crippen LogP contribution < -0.4 is 30.1 Å². The van der Waals surface area contributed by atoms with Gasteiger partial charge >= 0.3 is 6.09 Å². The van der Waals surface area contributed by atoms with E-state index in [9.17, 15) is 32.4 Å². The maximum atomic E-state index is 14.5. The molecule has 7 fully saturated rings. The molecule has 10 aliphatic rings. The number of likely N-dealkylation sites (tertiary alicyclic amines) is 3. The van der Waals surface area contributed by atoms with Crippen molar-refractivity contribution in [2.24, 2.45) is 17.8 Å². The molecule has 3 spiro atoms. The van der Waals surface area contributed by atoms with Gasteiger partial charge in [0.1, 0.15) is 0 Å². The van der Waals surface area contributed by atoms with Crippen molar-refractivity contribution < 1.29 is 41.7 Å². The number of carbonyl (C=O) groups excluding carboxylic acids is 5. The summed E-state index contributed by atoms with van der Waals surface area (Å²) in [5.41, 5.74) is 8.10. The number of aromatic nitrogens is 7. The number of anilines is 3. The number of nitrogens with one attached hydrogen (secondary N) is 3. The third-order valence-corrected chi connectivity index (χ3v) is 27.7. The summed E-state index contributed by atoms with van der Waals surface area (Å²) in [4.78, 5) is 80.0. The van der Waals surface area contributed by atoms with E-state index in [4.69, 9.17) is 49.2 Å². The normalized spacial score (nSPS) is 26.0. The molecular formula is C75H87Cl3N16O9S. The Morgan fingerprint density at radius 1 is 0.558 bits per heavy atom. The highest BCUT2D eigenvalue weighted by Crippen LogP contribution is 2.58. The summed E-state index contributed by atoms with van der Waals surface area (Å²) in [6.45, 7) is 8.70. The second kappa shape index (κ2) is 26.7. The zero-order valence-corrected chi connectivity index (χ0v) is 62.0. The summed E-state index contributed by atoms with van der Waals surface area (Å²) >= 11 is 20.2. The lowest BCUT2D eigenvalue weighted by Crippen LogP contribution is -2.47. The molecular weight excluding hydrogens is 1410 g/mol. The average Bonchev–Trinajstić information content (AvgIpc) is 1.55. The molecule has 3 aromatic carbocycles. The van der Waals surface area contributed by atoms with Gasteiger partial charge in [0.2, 0.25) is 27.7 Å². The number of piperidine rings is 3. The topological polar surface area (TPSA) is 264 Å². The number of halogens is 3. The quantitative estimate of drug-likeness (QED) is 0.0642. The molecule has 0 bridgehead atoms. The van der Waals surface area contributed by atoms with Crippen LogP contribution >= 0.6 is 34.8 Å². The molecule has 4 saturated carbocycles. The molecule has 548 valence electrons. The van der Waals surface area contributed by atoms with Crippen LogP contribution in [0.25, 0.3) is 11.3 Å². The number of fused-ring (bicyclic) bond motifs is 6. The van der Waals surface area contributed by atoms with Crippen molar-refractivity contribution in [2.45, 2.75) is 168 Å². The minimum atomic E-state index is -3.67. The predicted octanol–water partition coefficient (Wildman–Crippen LogP) is 9.02. The Kier molecular flexibility index (Phi) is 17.8. The Hall–Kier alpha value is -7.69. The van der Waals surface area contributed by atoms with Crippen LogP contribution in [0.2, 0.25) is 15.1 Å². The van der Waals surface area contributed by atoms with Crippen molar-refractivity contribution in [1.82, 2.24) is 64.6 Å². The maximum Gasteiger partial charge on any atom is 0.407 e. The highest BCUT2D eigenvalue weighted by Gasteiger charge is 2.58. The van der Waals surface area contributed by atoms with Crippen molar-refractivity contribution >= 4 is 91.6 Å². The maximum absolute atomic E-state index is 14.5. The van der Waals surface area contributed by atoms with Gasteiger partial charge in [0.15, 0.2) is 11.5 Å². The molecule has 2 unspecified atom stereocenters. The first-order valence-corrected chi connectivity index (χ1v) is 39.4. The molecule has 7 aromatic rings. The highest BCUT2D eigenvalue weighted by atomic mass is 35.5. The van der Waals surface area contributed by atoms with Gasteiger partial charge in [-0.1, -0.05) is 40.0 Å². The summed E-state index contributed by atoms with van der Waals surface area (Å²) in [5.74, 6) is 0.966. The smallest absolute Gasteiger partial charge is 0.407 e. The zero-order valence-electron chi connectivity index (χ0n) is 58.9. The largest absolute Gasteiger partial charge is 0.453 e. The monoisotopic (exact) mass is 1490 g/mol. The van der Waals surface area contributed by atoms with Gasteiger partial charge in [0, 0.05) is 152 Å². The molecule has 104 heavy (non-hydrogen) atoms. The SMILES string of the molecule is COC(=O)N[C@H]1C[C@@H](Cn2cc(CN3CCC4(CC3)C(=O)N(C)c3c(-c5cc(C(=O)N[C@H]6C[C@@H](Cn7cc(CN8CCC9(CC8)C(=O)N(C)c8c(C%10CC%10S(=O)(=O)N[C@H]%10C[C@@H](Cn%11cc(CN%12CCC%13(CC%12)C(=O)N(C)c%12ccc(Cl)cc%12%13)cn%11)C%10)cc(Cl)cc89)cn7)C6)no5)cc(Cl)cc34)cn2)C1. The lowest BCUT2D eigenvalue weighted by molar-refractivity contribution is -0.125. The van der Waals surface area contributed by atoms with Gasteiger partial charge in [0.05, 0.1) is 58.6 Å². The number of amides is 5. The van der Waals surface area contributed by atoms with Gasteiger partial charge < -0.3 is 34.6 Å². The lowest BCUT2D eigenvalue weighted by atomic mass is 9.73. The molecule has 29 heteroatoms. The lowest BCUT2D eigenvalue weighted by Gasteiger charge is -2.38. The fraction of sp³-hybridized carbons (Fsp3) is 0.533. The van der Waals surface area contributed by atoms with Gasteiger partial charge in [-0.2, -0.15) is 15.3 Å². The summed E-state index contributed by atoms with van der Waals surface area (Å²) in [7, 11) is 3.16. The van der Waals surface area contributed by atoms with E-state index in [-0.39, 0.29) is 53.4 Å². The molecule has 17 rings (SSSR count). The van der Waals surface area contributed by atoms with E-state index < -0.39 is 37.6 Å². The van der Waals surface area contributed by atoms with E-state index in [1.807, 2.05) is 83.1 Å². The third kappa shape index (κ3) is 12.5. The molecule has 10 heterocycles. The molecule has 0 radical (unpaired) electrons. The number of carbonyl (C=O) groups is 5. The number of hydrogen-bond donors (Lipinski definition) is 3. The number of methoxy groups -OCH3 is 1. The summed E-state index contributed by atoms with van der Waals surface area (Å²) in [6.07, 6.45) is 20.8. The Morgan fingerprint density at radius 2 is 1.01 bits per heavy atom. The van der Waals surface area contributed by atoms with Gasteiger partial charge in [-0.3, -0.25) is 47.9 Å². The zero-order chi connectivity index (χ0) is 71.9. The van der Waals surface area contributed by atoms with Crippen molar-refractivity contribution in [3.63, 3.8) is 0 Å².